The van der Waals surface area contributed by atoms with E-state index in [9.17, 15) is 23.1 Å². The molecule has 0 radical (unpaired) electrons. The highest BCUT2D eigenvalue weighted by Crippen LogP contribution is 2.31. The first kappa shape index (κ1) is 14.5. The summed E-state index contributed by atoms with van der Waals surface area (Å²) in [5.74, 6) is -0.723. The van der Waals surface area contributed by atoms with Gasteiger partial charge in [0.2, 0.25) is 0 Å². The second-order valence-corrected chi connectivity index (χ2v) is 4.40. The summed E-state index contributed by atoms with van der Waals surface area (Å²) < 4.78 is 37.9. The van der Waals surface area contributed by atoms with Crippen LogP contribution >= 0.6 is 0 Å². The van der Waals surface area contributed by atoms with Gasteiger partial charge in [0.25, 0.3) is 5.91 Å². The topological polar surface area (TPSA) is 49.3 Å². The predicted octanol–water partition coefficient (Wildman–Crippen LogP) is 2.09. The second-order valence-electron chi connectivity index (χ2n) is 4.40. The Morgan fingerprint density at radius 1 is 1.28 bits per heavy atom. The molecule has 0 unspecified atom stereocenters. The monoisotopic (exact) mass is 261 g/mol. The van der Waals surface area contributed by atoms with Crippen LogP contribution in [0, 0.1) is 0 Å². The van der Waals surface area contributed by atoms with E-state index in [-0.39, 0.29) is 12.1 Å². The predicted molar refractivity (Wildman–Crippen MR) is 59.6 cm³/mol. The van der Waals surface area contributed by atoms with Gasteiger partial charge in [-0.3, -0.25) is 4.79 Å². The lowest BCUT2D eigenvalue weighted by atomic mass is 10.1. The standard InChI is InChI=1S/C12H14F3NO2/c1-11(2,18)10(17)16-7-8-5-3-4-6-9(8)12(13,14)15/h3-6,18H,7H2,1-2H3,(H,16,17). The Morgan fingerprint density at radius 2 is 1.83 bits per heavy atom. The molecule has 0 aliphatic rings. The van der Waals surface area contributed by atoms with Gasteiger partial charge in [0, 0.05) is 6.54 Å². The molecule has 1 aromatic rings. The summed E-state index contributed by atoms with van der Waals surface area (Å²) in [5.41, 5.74) is -2.45. The molecule has 0 heterocycles. The zero-order valence-electron chi connectivity index (χ0n) is 10.0. The van der Waals surface area contributed by atoms with Crippen LogP contribution in [-0.4, -0.2) is 16.6 Å². The SMILES string of the molecule is CC(C)(O)C(=O)NCc1ccccc1C(F)(F)F. The Bertz CT molecular complexity index is 436. The molecule has 100 valence electrons. The quantitative estimate of drug-likeness (QED) is 0.875. The van der Waals surface area contributed by atoms with Crippen molar-refractivity contribution < 1.29 is 23.1 Å². The molecule has 0 atom stereocenters. The summed E-state index contributed by atoms with van der Waals surface area (Å²) in [7, 11) is 0. The van der Waals surface area contributed by atoms with Crippen LogP contribution in [0.4, 0.5) is 13.2 Å². The van der Waals surface area contributed by atoms with E-state index in [0.29, 0.717) is 0 Å². The number of amides is 1. The van der Waals surface area contributed by atoms with E-state index < -0.39 is 23.2 Å². The Kier molecular flexibility index (Phi) is 4.01. The van der Waals surface area contributed by atoms with Crippen molar-refractivity contribution in [2.75, 3.05) is 0 Å². The summed E-state index contributed by atoms with van der Waals surface area (Å²) in [6, 6.07) is 4.98. The smallest absolute Gasteiger partial charge is 0.381 e. The number of alkyl halides is 3. The van der Waals surface area contributed by atoms with Crippen LogP contribution in [0.2, 0.25) is 0 Å². The fraction of sp³-hybridized carbons (Fsp3) is 0.417. The summed E-state index contributed by atoms with van der Waals surface area (Å²) in [5, 5.41) is 11.6. The van der Waals surface area contributed by atoms with Gasteiger partial charge >= 0.3 is 6.18 Å². The molecule has 0 bridgehead atoms. The van der Waals surface area contributed by atoms with E-state index in [1.165, 1.54) is 32.0 Å². The average Bonchev–Trinajstić information content (AvgIpc) is 2.23. The second kappa shape index (κ2) is 4.97. The molecule has 3 nitrogen and oxygen atoms in total. The van der Waals surface area contributed by atoms with Crippen molar-refractivity contribution in [3.63, 3.8) is 0 Å². The van der Waals surface area contributed by atoms with Crippen molar-refractivity contribution in [2.45, 2.75) is 32.2 Å². The van der Waals surface area contributed by atoms with Crippen molar-refractivity contribution >= 4 is 5.91 Å². The Morgan fingerprint density at radius 3 is 2.33 bits per heavy atom. The highest BCUT2D eigenvalue weighted by Gasteiger charge is 2.33. The van der Waals surface area contributed by atoms with Crippen LogP contribution in [0.3, 0.4) is 0 Å². The number of hydrogen-bond acceptors (Lipinski definition) is 2. The zero-order valence-corrected chi connectivity index (χ0v) is 10.0. The molecule has 0 aliphatic heterocycles. The molecule has 2 N–H and O–H groups in total. The molecule has 0 fully saturated rings. The van der Waals surface area contributed by atoms with Gasteiger partial charge in [0.15, 0.2) is 0 Å². The van der Waals surface area contributed by atoms with Crippen molar-refractivity contribution in [1.82, 2.24) is 5.32 Å². The van der Waals surface area contributed by atoms with Crippen molar-refractivity contribution in [3.05, 3.63) is 35.4 Å². The first-order valence-corrected chi connectivity index (χ1v) is 5.28. The lowest BCUT2D eigenvalue weighted by molar-refractivity contribution is -0.139. The molecular formula is C12H14F3NO2. The minimum absolute atomic E-state index is 0.0393. The number of aliphatic hydroxyl groups is 1. The number of carbonyl (C=O) groups excluding carboxylic acids is 1. The molecule has 0 aromatic heterocycles. The maximum Gasteiger partial charge on any atom is 0.416 e. The summed E-state index contributed by atoms with van der Waals surface area (Å²) in [4.78, 5) is 11.4. The number of hydrogen-bond donors (Lipinski definition) is 2. The largest absolute Gasteiger partial charge is 0.416 e. The normalized spacial score (nSPS) is 12.3. The molecule has 0 spiro atoms. The Hall–Kier alpha value is -1.56. The van der Waals surface area contributed by atoms with Crippen molar-refractivity contribution in [3.8, 4) is 0 Å². The van der Waals surface area contributed by atoms with Crippen LogP contribution in [0.25, 0.3) is 0 Å². The number of carbonyl (C=O) groups is 1. The van der Waals surface area contributed by atoms with Gasteiger partial charge in [-0.1, -0.05) is 18.2 Å². The van der Waals surface area contributed by atoms with Gasteiger partial charge < -0.3 is 10.4 Å². The van der Waals surface area contributed by atoms with Gasteiger partial charge in [-0.2, -0.15) is 13.2 Å². The highest BCUT2D eigenvalue weighted by atomic mass is 19.4. The third kappa shape index (κ3) is 3.73. The van der Waals surface area contributed by atoms with Crippen LogP contribution in [-0.2, 0) is 17.5 Å². The van der Waals surface area contributed by atoms with Crippen molar-refractivity contribution in [2.24, 2.45) is 0 Å². The summed E-state index contributed by atoms with van der Waals surface area (Å²) in [6.45, 7) is 2.24. The number of benzene rings is 1. The molecule has 0 saturated heterocycles. The van der Waals surface area contributed by atoms with Gasteiger partial charge in [-0.15, -0.1) is 0 Å². The number of nitrogens with one attached hydrogen (secondary N) is 1. The van der Waals surface area contributed by atoms with Gasteiger partial charge in [-0.05, 0) is 25.5 Å². The minimum atomic E-state index is -4.46. The molecule has 1 rings (SSSR count). The van der Waals surface area contributed by atoms with Crippen LogP contribution < -0.4 is 5.32 Å². The van der Waals surface area contributed by atoms with Gasteiger partial charge in [0.05, 0.1) is 5.56 Å². The fourth-order valence-electron chi connectivity index (χ4n) is 1.34. The van der Waals surface area contributed by atoms with Gasteiger partial charge in [-0.25, -0.2) is 0 Å². The Labute approximate surface area is 103 Å². The minimum Gasteiger partial charge on any atom is -0.381 e. The molecule has 1 aromatic carbocycles. The van der Waals surface area contributed by atoms with Gasteiger partial charge in [0.1, 0.15) is 5.60 Å². The molecule has 0 saturated carbocycles. The summed E-state index contributed by atoms with van der Waals surface area (Å²) in [6.07, 6.45) is -4.46. The van der Waals surface area contributed by atoms with E-state index in [1.54, 1.807) is 0 Å². The molecule has 18 heavy (non-hydrogen) atoms. The molecule has 1 amide bonds. The maximum absolute atomic E-state index is 12.6. The fourth-order valence-corrected chi connectivity index (χ4v) is 1.34. The number of rotatable bonds is 3. The molecule has 0 aliphatic carbocycles. The lowest BCUT2D eigenvalue weighted by Crippen LogP contribution is -2.41. The van der Waals surface area contributed by atoms with E-state index >= 15 is 0 Å². The van der Waals surface area contributed by atoms with E-state index in [1.807, 2.05) is 0 Å². The Balaban J connectivity index is 2.84. The average molecular weight is 261 g/mol. The van der Waals surface area contributed by atoms with Crippen LogP contribution in [0.15, 0.2) is 24.3 Å². The molecule has 6 heteroatoms. The third-order valence-corrected chi connectivity index (χ3v) is 2.32. The van der Waals surface area contributed by atoms with Crippen molar-refractivity contribution in [1.29, 1.82) is 0 Å². The zero-order chi connectivity index (χ0) is 14.0. The third-order valence-electron chi connectivity index (χ3n) is 2.32. The summed E-state index contributed by atoms with van der Waals surface area (Å²) >= 11 is 0. The first-order chi connectivity index (χ1) is 8.12. The van der Waals surface area contributed by atoms with E-state index in [4.69, 9.17) is 0 Å². The van der Waals surface area contributed by atoms with Crippen LogP contribution in [0.5, 0.6) is 0 Å². The lowest BCUT2D eigenvalue weighted by Gasteiger charge is -2.18. The first-order valence-electron chi connectivity index (χ1n) is 5.28. The van der Waals surface area contributed by atoms with E-state index in [2.05, 4.69) is 5.32 Å². The van der Waals surface area contributed by atoms with Crippen LogP contribution in [0.1, 0.15) is 25.0 Å². The highest BCUT2D eigenvalue weighted by molar-refractivity contribution is 5.83. The van der Waals surface area contributed by atoms with E-state index in [0.717, 1.165) is 6.07 Å². The number of halogens is 3. The maximum atomic E-state index is 12.6. The molecular weight excluding hydrogens is 247 g/mol.